The topological polar surface area (TPSA) is 33.1 Å². The summed E-state index contributed by atoms with van der Waals surface area (Å²) in [6.07, 6.45) is 6.45. The molecule has 1 aliphatic heterocycles. The van der Waals surface area contributed by atoms with Crippen molar-refractivity contribution in [1.29, 1.82) is 0 Å². The van der Waals surface area contributed by atoms with Crippen LogP contribution in [0.5, 0.6) is 0 Å². The molecule has 124 valence electrons. The molecule has 0 amide bonds. The van der Waals surface area contributed by atoms with E-state index in [0.29, 0.717) is 6.04 Å². The number of rotatable bonds is 5. The van der Waals surface area contributed by atoms with E-state index >= 15 is 0 Å². The molecule has 0 spiro atoms. The first-order valence-electron chi connectivity index (χ1n) is 8.48. The van der Waals surface area contributed by atoms with Crippen molar-refractivity contribution < 1.29 is 0 Å². The Morgan fingerprint density at radius 3 is 2.92 bits per heavy atom. The van der Waals surface area contributed by atoms with Crippen molar-refractivity contribution in [3.8, 4) is 5.13 Å². The number of hydrogen-bond donors (Lipinski definition) is 1. The van der Waals surface area contributed by atoms with Crippen LogP contribution in [0.4, 0.5) is 5.69 Å². The van der Waals surface area contributed by atoms with Gasteiger partial charge >= 0.3 is 0 Å². The highest BCUT2D eigenvalue weighted by atomic mass is 32.1. The molecule has 1 aliphatic rings. The van der Waals surface area contributed by atoms with Gasteiger partial charge in [0.1, 0.15) is 0 Å². The second-order valence-corrected chi connectivity index (χ2v) is 7.14. The van der Waals surface area contributed by atoms with Gasteiger partial charge in [-0.15, -0.1) is 11.3 Å². The van der Waals surface area contributed by atoms with E-state index in [2.05, 4.69) is 68.4 Å². The summed E-state index contributed by atoms with van der Waals surface area (Å²) in [4.78, 5) is 6.98. The molecular weight excluding hydrogens is 316 g/mol. The van der Waals surface area contributed by atoms with E-state index in [-0.39, 0.29) is 0 Å². The molecule has 4 rings (SSSR count). The van der Waals surface area contributed by atoms with E-state index in [1.807, 2.05) is 11.6 Å². The van der Waals surface area contributed by atoms with Crippen molar-refractivity contribution in [2.75, 3.05) is 18.4 Å². The van der Waals surface area contributed by atoms with E-state index in [0.717, 1.165) is 24.8 Å². The van der Waals surface area contributed by atoms with Gasteiger partial charge in [0.05, 0.1) is 0 Å². The molecule has 0 radical (unpaired) electrons. The number of aromatic nitrogens is 2. The number of anilines is 1. The van der Waals surface area contributed by atoms with E-state index in [1.54, 1.807) is 11.3 Å². The Hall–Kier alpha value is -2.11. The lowest BCUT2D eigenvalue weighted by atomic mass is 10.0. The van der Waals surface area contributed by atoms with Gasteiger partial charge in [0.15, 0.2) is 5.13 Å². The summed E-state index contributed by atoms with van der Waals surface area (Å²) in [5.74, 6) is 0. The number of para-hydroxylation sites is 1. The summed E-state index contributed by atoms with van der Waals surface area (Å²) in [6.45, 7) is 3.22. The molecular formula is C19H22N4S. The fraction of sp³-hybridized carbons (Fsp3) is 0.316. The predicted octanol–water partition coefficient (Wildman–Crippen LogP) is 4.01. The third kappa shape index (κ3) is 3.52. The maximum atomic E-state index is 4.43. The van der Waals surface area contributed by atoms with Gasteiger partial charge in [0.2, 0.25) is 0 Å². The van der Waals surface area contributed by atoms with Crippen molar-refractivity contribution in [2.24, 2.45) is 0 Å². The molecule has 5 heteroatoms. The van der Waals surface area contributed by atoms with Crippen LogP contribution in [-0.4, -0.2) is 33.6 Å². The van der Waals surface area contributed by atoms with Crippen LogP contribution in [0, 0.1) is 0 Å². The summed E-state index contributed by atoms with van der Waals surface area (Å²) in [7, 11) is 0. The van der Waals surface area contributed by atoms with Gasteiger partial charge in [-0.2, -0.15) is 0 Å². The second kappa shape index (κ2) is 7.20. The minimum atomic E-state index is 0.518. The van der Waals surface area contributed by atoms with Crippen molar-refractivity contribution >= 4 is 17.0 Å². The Morgan fingerprint density at radius 2 is 2.08 bits per heavy atom. The molecule has 0 bridgehead atoms. The van der Waals surface area contributed by atoms with Crippen LogP contribution < -0.4 is 5.32 Å². The van der Waals surface area contributed by atoms with Crippen LogP contribution in [0.3, 0.4) is 0 Å². The molecule has 0 saturated carbocycles. The van der Waals surface area contributed by atoms with E-state index < -0.39 is 0 Å². The van der Waals surface area contributed by atoms with Crippen molar-refractivity contribution in [3.63, 3.8) is 0 Å². The van der Waals surface area contributed by atoms with Crippen LogP contribution in [-0.2, 0) is 6.54 Å². The summed E-state index contributed by atoms with van der Waals surface area (Å²) in [5, 5.41) is 6.75. The highest BCUT2D eigenvalue weighted by Crippen LogP contribution is 2.20. The van der Waals surface area contributed by atoms with E-state index in [1.165, 1.54) is 24.2 Å². The average Bonchev–Trinajstić information content (AvgIpc) is 3.27. The number of benzene rings is 1. The lowest BCUT2D eigenvalue weighted by Gasteiger charge is -2.33. The minimum absolute atomic E-state index is 0.518. The summed E-state index contributed by atoms with van der Waals surface area (Å²) in [6, 6.07) is 15.4. The van der Waals surface area contributed by atoms with Gasteiger partial charge in [-0.1, -0.05) is 18.2 Å². The fourth-order valence-corrected chi connectivity index (χ4v) is 4.04. The lowest BCUT2D eigenvalue weighted by molar-refractivity contribution is 0.205. The molecule has 1 aromatic carbocycles. The Balaban J connectivity index is 1.41. The fourth-order valence-electron chi connectivity index (χ4n) is 3.38. The molecule has 2 aromatic heterocycles. The Labute approximate surface area is 146 Å². The molecule has 3 heterocycles. The van der Waals surface area contributed by atoms with Gasteiger partial charge in [-0.3, -0.25) is 9.47 Å². The first-order valence-corrected chi connectivity index (χ1v) is 9.36. The number of thiazole rings is 1. The monoisotopic (exact) mass is 338 g/mol. The molecule has 4 nitrogen and oxygen atoms in total. The van der Waals surface area contributed by atoms with Crippen LogP contribution in [0.2, 0.25) is 0 Å². The quantitative estimate of drug-likeness (QED) is 0.763. The zero-order valence-corrected chi connectivity index (χ0v) is 14.5. The molecule has 1 atom stereocenters. The highest BCUT2D eigenvalue weighted by Gasteiger charge is 2.21. The highest BCUT2D eigenvalue weighted by molar-refractivity contribution is 7.12. The number of nitrogens with zero attached hydrogens (tertiary/aromatic N) is 3. The standard InChI is InChI=1S/C19H22N4S/c1-2-6-16(7-3-1)21-17-8-4-11-22(14-17)15-18-9-5-12-23(18)19-20-10-13-24-19/h1-3,5-7,9-10,12-13,17,21H,4,8,11,14-15H2. The number of piperidine rings is 1. The van der Waals surface area contributed by atoms with Gasteiger partial charge in [-0.25, -0.2) is 4.98 Å². The summed E-state index contributed by atoms with van der Waals surface area (Å²) >= 11 is 1.68. The molecule has 1 unspecified atom stereocenters. The van der Waals surface area contributed by atoms with Crippen LogP contribution in [0.25, 0.3) is 5.13 Å². The lowest BCUT2D eigenvalue weighted by Crippen LogP contribution is -2.41. The van der Waals surface area contributed by atoms with Crippen LogP contribution in [0.15, 0.2) is 60.2 Å². The first-order chi connectivity index (χ1) is 11.9. The zero-order chi connectivity index (χ0) is 16.2. The van der Waals surface area contributed by atoms with Crippen LogP contribution in [0.1, 0.15) is 18.5 Å². The molecule has 1 saturated heterocycles. The molecule has 0 aliphatic carbocycles. The SMILES string of the molecule is c1ccc(NC2CCCN(Cc3cccn3-c3nccs3)C2)cc1. The maximum Gasteiger partial charge on any atom is 0.193 e. The first kappa shape index (κ1) is 15.4. The largest absolute Gasteiger partial charge is 0.381 e. The smallest absolute Gasteiger partial charge is 0.193 e. The molecule has 3 aromatic rings. The van der Waals surface area contributed by atoms with Gasteiger partial charge < -0.3 is 5.32 Å². The second-order valence-electron chi connectivity index (χ2n) is 6.27. The third-order valence-corrected chi connectivity index (χ3v) is 5.26. The minimum Gasteiger partial charge on any atom is -0.381 e. The molecule has 24 heavy (non-hydrogen) atoms. The van der Waals surface area contributed by atoms with Gasteiger partial charge in [0.25, 0.3) is 0 Å². The Bertz CT molecular complexity index is 751. The van der Waals surface area contributed by atoms with E-state index in [4.69, 9.17) is 0 Å². The van der Waals surface area contributed by atoms with Gasteiger partial charge in [0, 0.05) is 48.3 Å². The molecule has 1 N–H and O–H groups in total. The maximum absolute atomic E-state index is 4.43. The summed E-state index contributed by atoms with van der Waals surface area (Å²) in [5.41, 5.74) is 2.53. The summed E-state index contributed by atoms with van der Waals surface area (Å²) < 4.78 is 2.21. The van der Waals surface area contributed by atoms with Gasteiger partial charge in [-0.05, 0) is 43.7 Å². The average molecular weight is 338 g/mol. The Morgan fingerprint density at radius 1 is 1.17 bits per heavy atom. The number of likely N-dealkylation sites (tertiary alicyclic amines) is 1. The third-order valence-electron chi connectivity index (χ3n) is 4.49. The van der Waals surface area contributed by atoms with Crippen molar-refractivity contribution in [3.05, 3.63) is 65.9 Å². The van der Waals surface area contributed by atoms with Crippen LogP contribution >= 0.6 is 11.3 Å². The zero-order valence-electron chi connectivity index (χ0n) is 13.6. The number of hydrogen-bond acceptors (Lipinski definition) is 4. The normalized spacial score (nSPS) is 18.6. The Kier molecular flexibility index (Phi) is 4.62. The molecule has 1 fully saturated rings. The predicted molar refractivity (Wildman–Crippen MR) is 99.8 cm³/mol. The van der Waals surface area contributed by atoms with Crippen molar-refractivity contribution in [1.82, 2.24) is 14.5 Å². The van der Waals surface area contributed by atoms with E-state index in [9.17, 15) is 0 Å². The number of nitrogens with one attached hydrogen (secondary N) is 1. The van der Waals surface area contributed by atoms with Crippen molar-refractivity contribution in [2.45, 2.75) is 25.4 Å².